The molecule has 6 nitrogen and oxygen atoms in total. The fraction of sp³-hybridized carbons (Fsp3) is 0.458. The Balaban J connectivity index is 1.51. The van der Waals surface area contributed by atoms with Crippen molar-refractivity contribution in [3.63, 3.8) is 0 Å². The van der Waals surface area contributed by atoms with Crippen LogP contribution in [0.25, 0.3) is 0 Å². The van der Waals surface area contributed by atoms with E-state index in [1.807, 2.05) is 25.1 Å². The van der Waals surface area contributed by atoms with Gasteiger partial charge in [-0.2, -0.15) is 0 Å². The molecule has 1 aliphatic rings. The molecule has 1 atom stereocenters. The van der Waals surface area contributed by atoms with Crippen LogP contribution in [-0.2, 0) is 11.3 Å². The number of carbonyl (C=O) groups is 1. The molecule has 1 amide bonds. The van der Waals surface area contributed by atoms with Crippen LogP contribution in [0.15, 0.2) is 42.5 Å². The molecule has 1 saturated heterocycles. The normalized spacial score (nSPS) is 15.5. The molecule has 2 aromatic carbocycles. The predicted molar refractivity (Wildman–Crippen MR) is 122 cm³/mol. The smallest absolute Gasteiger partial charge is 0.279 e. The van der Waals surface area contributed by atoms with E-state index >= 15 is 0 Å². The summed E-state index contributed by atoms with van der Waals surface area (Å²) in [6.07, 6.45) is 0. The highest BCUT2D eigenvalue weighted by molar-refractivity contribution is 5.91. The fourth-order valence-corrected chi connectivity index (χ4v) is 4.04. The molecule has 1 fully saturated rings. The maximum absolute atomic E-state index is 13.9. The van der Waals surface area contributed by atoms with E-state index in [0.717, 1.165) is 35.8 Å². The Morgan fingerprint density at radius 1 is 1.16 bits per heavy atom. The monoisotopic (exact) mass is 430 g/mol. The first kappa shape index (κ1) is 23.0. The number of amides is 1. The number of rotatable bonds is 9. The minimum atomic E-state index is -0.377. The molecule has 3 rings (SSSR count). The lowest BCUT2D eigenvalue weighted by atomic mass is 10.2. The van der Waals surface area contributed by atoms with Gasteiger partial charge in [0.2, 0.25) is 0 Å². The molecule has 3 N–H and O–H groups in total. The maximum Gasteiger partial charge on any atom is 0.279 e. The van der Waals surface area contributed by atoms with E-state index < -0.39 is 0 Å². The standard InChI is InChI=1S/C24H33FN4O2/c1-4-27-12-14-29(15-13-27)21-9-7-20(8-10-21)26-24(30)18-28(5-2)17-19-6-11-23(31-3)22(25)16-19/h6-11,16H,4-5,12-15,17-18H2,1-3H3,(H,26,30)/p+2. The Morgan fingerprint density at radius 2 is 1.87 bits per heavy atom. The molecule has 1 heterocycles. The van der Waals surface area contributed by atoms with Gasteiger partial charge in [-0.05, 0) is 56.3 Å². The van der Waals surface area contributed by atoms with Gasteiger partial charge in [0.15, 0.2) is 18.1 Å². The summed E-state index contributed by atoms with van der Waals surface area (Å²) in [5, 5.41) is 2.99. The van der Waals surface area contributed by atoms with E-state index in [4.69, 9.17) is 4.74 Å². The van der Waals surface area contributed by atoms with Gasteiger partial charge < -0.3 is 24.8 Å². The molecule has 2 aromatic rings. The van der Waals surface area contributed by atoms with Crippen molar-refractivity contribution in [1.82, 2.24) is 0 Å². The Bertz CT molecular complexity index is 851. The van der Waals surface area contributed by atoms with E-state index in [0.29, 0.717) is 13.1 Å². The first-order valence-corrected chi connectivity index (χ1v) is 11.2. The average molecular weight is 431 g/mol. The van der Waals surface area contributed by atoms with Crippen molar-refractivity contribution in [2.75, 3.05) is 63.1 Å². The summed E-state index contributed by atoms with van der Waals surface area (Å²) in [4.78, 5) is 17.7. The van der Waals surface area contributed by atoms with Crippen LogP contribution in [0.5, 0.6) is 5.75 Å². The van der Waals surface area contributed by atoms with Gasteiger partial charge in [0.05, 0.1) is 46.4 Å². The number of anilines is 2. The SMILES string of the molecule is CC[NH+]1CCN(c2ccc(NC(=O)C[NH+](CC)Cc3ccc(OC)c(F)c3)cc2)CC1. The third-order valence-corrected chi connectivity index (χ3v) is 6.07. The number of piperazine rings is 1. The van der Waals surface area contributed by atoms with Crippen molar-refractivity contribution in [1.29, 1.82) is 0 Å². The second-order valence-electron chi connectivity index (χ2n) is 8.11. The van der Waals surface area contributed by atoms with Crippen molar-refractivity contribution < 1.29 is 23.7 Å². The molecule has 168 valence electrons. The number of methoxy groups -OCH3 is 1. The van der Waals surface area contributed by atoms with Crippen LogP contribution >= 0.6 is 0 Å². The third-order valence-electron chi connectivity index (χ3n) is 6.07. The molecule has 1 aliphatic heterocycles. The number of carbonyl (C=O) groups excluding carboxylic acids is 1. The van der Waals surface area contributed by atoms with Crippen LogP contribution in [0.1, 0.15) is 19.4 Å². The van der Waals surface area contributed by atoms with Gasteiger partial charge in [-0.25, -0.2) is 4.39 Å². The number of hydrogen-bond acceptors (Lipinski definition) is 3. The van der Waals surface area contributed by atoms with Gasteiger partial charge in [0, 0.05) is 16.9 Å². The highest BCUT2D eigenvalue weighted by Gasteiger charge is 2.19. The zero-order valence-electron chi connectivity index (χ0n) is 18.8. The minimum Gasteiger partial charge on any atom is -0.494 e. The van der Waals surface area contributed by atoms with Crippen LogP contribution in [0, 0.1) is 5.82 Å². The van der Waals surface area contributed by atoms with Gasteiger partial charge in [0.25, 0.3) is 5.91 Å². The van der Waals surface area contributed by atoms with E-state index in [9.17, 15) is 9.18 Å². The van der Waals surface area contributed by atoms with Gasteiger partial charge in [-0.1, -0.05) is 0 Å². The van der Waals surface area contributed by atoms with Crippen LogP contribution in [0.4, 0.5) is 15.8 Å². The van der Waals surface area contributed by atoms with Crippen LogP contribution in [-0.4, -0.2) is 58.8 Å². The number of nitrogens with zero attached hydrogens (tertiary/aromatic N) is 1. The molecule has 31 heavy (non-hydrogen) atoms. The molecule has 7 heteroatoms. The van der Waals surface area contributed by atoms with Gasteiger partial charge in [-0.3, -0.25) is 4.79 Å². The summed E-state index contributed by atoms with van der Waals surface area (Å²) in [6, 6.07) is 13.0. The highest BCUT2D eigenvalue weighted by Crippen LogP contribution is 2.18. The number of quaternary nitrogens is 2. The van der Waals surface area contributed by atoms with Crippen LogP contribution in [0.2, 0.25) is 0 Å². The number of nitrogens with one attached hydrogen (secondary N) is 3. The number of benzene rings is 2. The Kier molecular flexibility index (Phi) is 8.26. The quantitative estimate of drug-likeness (QED) is 0.546. The average Bonchev–Trinajstić information content (AvgIpc) is 2.79. The highest BCUT2D eigenvalue weighted by atomic mass is 19.1. The topological polar surface area (TPSA) is 50.5 Å². The number of hydrogen-bond donors (Lipinski definition) is 3. The lowest BCUT2D eigenvalue weighted by Gasteiger charge is -2.33. The summed E-state index contributed by atoms with van der Waals surface area (Å²) < 4.78 is 18.9. The van der Waals surface area contributed by atoms with Crippen molar-refractivity contribution in [2.45, 2.75) is 20.4 Å². The van der Waals surface area contributed by atoms with Crippen molar-refractivity contribution in [3.05, 3.63) is 53.8 Å². The van der Waals surface area contributed by atoms with Crippen LogP contribution < -0.4 is 24.8 Å². The second kappa shape index (κ2) is 11.1. The number of likely N-dealkylation sites (N-methyl/N-ethyl adjacent to an activating group) is 2. The minimum absolute atomic E-state index is 0.0428. The summed E-state index contributed by atoms with van der Waals surface area (Å²) in [6.45, 7) is 11.6. The van der Waals surface area contributed by atoms with E-state index in [1.165, 1.54) is 38.5 Å². The second-order valence-corrected chi connectivity index (χ2v) is 8.11. The van der Waals surface area contributed by atoms with E-state index in [1.54, 1.807) is 11.0 Å². The van der Waals surface area contributed by atoms with E-state index in [-0.39, 0.29) is 17.5 Å². The molecule has 0 saturated carbocycles. The number of ether oxygens (including phenoxy) is 1. The molecular formula is C24H35FN4O2+2. The fourth-order valence-electron chi connectivity index (χ4n) is 4.04. The van der Waals surface area contributed by atoms with Gasteiger partial charge >= 0.3 is 0 Å². The Hall–Kier alpha value is -2.64. The zero-order chi connectivity index (χ0) is 22.2. The molecular weight excluding hydrogens is 395 g/mol. The first-order valence-electron chi connectivity index (χ1n) is 11.2. The predicted octanol–water partition coefficient (Wildman–Crippen LogP) is 0.603. The number of halogens is 1. The van der Waals surface area contributed by atoms with Gasteiger partial charge in [0.1, 0.15) is 6.54 Å². The summed E-state index contributed by atoms with van der Waals surface area (Å²) >= 11 is 0. The zero-order valence-corrected chi connectivity index (χ0v) is 18.8. The van der Waals surface area contributed by atoms with E-state index in [2.05, 4.69) is 29.3 Å². The van der Waals surface area contributed by atoms with Crippen molar-refractivity contribution >= 4 is 17.3 Å². The van der Waals surface area contributed by atoms with Crippen molar-refractivity contribution in [2.24, 2.45) is 0 Å². The lowest BCUT2D eigenvalue weighted by molar-refractivity contribution is -0.903. The molecule has 0 spiro atoms. The molecule has 0 aromatic heterocycles. The summed E-state index contributed by atoms with van der Waals surface area (Å²) in [5.41, 5.74) is 2.85. The van der Waals surface area contributed by atoms with Crippen LogP contribution in [0.3, 0.4) is 0 Å². The molecule has 0 aliphatic carbocycles. The molecule has 1 unspecified atom stereocenters. The molecule has 0 radical (unpaired) electrons. The lowest BCUT2D eigenvalue weighted by Crippen LogP contribution is -3.14. The Morgan fingerprint density at radius 3 is 2.45 bits per heavy atom. The Labute approximate surface area is 184 Å². The van der Waals surface area contributed by atoms with Crippen molar-refractivity contribution in [3.8, 4) is 5.75 Å². The first-order chi connectivity index (χ1) is 15.0. The third kappa shape index (κ3) is 6.42. The largest absolute Gasteiger partial charge is 0.494 e. The maximum atomic E-state index is 13.9. The summed E-state index contributed by atoms with van der Waals surface area (Å²) in [7, 11) is 1.45. The summed E-state index contributed by atoms with van der Waals surface area (Å²) in [5.74, 6) is -0.187. The molecule has 0 bridgehead atoms. The van der Waals surface area contributed by atoms with Gasteiger partial charge in [-0.15, -0.1) is 0 Å².